The van der Waals surface area contributed by atoms with Crippen molar-refractivity contribution in [2.75, 3.05) is 5.32 Å². The van der Waals surface area contributed by atoms with Gasteiger partial charge in [0, 0.05) is 0 Å². The number of alkyl halides is 3. The molecule has 32 heavy (non-hydrogen) atoms. The minimum Gasteiger partial charge on any atom is -0.478 e. The molecule has 3 N–H and O–H groups in total. The summed E-state index contributed by atoms with van der Waals surface area (Å²) in [6, 6.07) is 4.98. The monoisotopic (exact) mass is 496 g/mol. The van der Waals surface area contributed by atoms with E-state index in [0.717, 1.165) is 24.3 Å². The Hall–Kier alpha value is -3.23. The number of anilines is 1. The summed E-state index contributed by atoms with van der Waals surface area (Å²) in [6.07, 6.45) is -5.39. The molecule has 10 nitrogen and oxygen atoms in total. The third-order valence-corrected chi connectivity index (χ3v) is 6.39. The van der Waals surface area contributed by atoms with E-state index < -0.39 is 64.6 Å². The molecular formula is C17H12ClF3N2O8S. The van der Waals surface area contributed by atoms with E-state index in [-0.39, 0.29) is 12.5 Å². The number of aromatic carboxylic acids is 1. The second kappa shape index (κ2) is 8.37. The first-order chi connectivity index (χ1) is 14.5. The number of sulfone groups is 1. The molecular weight excluding hydrogens is 485 g/mol. The number of nitro groups is 1. The predicted molar refractivity (Wildman–Crippen MR) is 102 cm³/mol. The van der Waals surface area contributed by atoms with E-state index in [1.165, 1.54) is 0 Å². The molecule has 2 aromatic rings. The van der Waals surface area contributed by atoms with Crippen LogP contribution in [0.3, 0.4) is 0 Å². The van der Waals surface area contributed by atoms with Crippen LogP contribution in [-0.4, -0.2) is 47.2 Å². The summed E-state index contributed by atoms with van der Waals surface area (Å²) in [5.41, 5.74) is -6.14. The van der Waals surface area contributed by atoms with Crippen molar-refractivity contribution < 1.29 is 46.3 Å². The van der Waals surface area contributed by atoms with Crippen LogP contribution in [0, 0.1) is 10.1 Å². The third kappa shape index (κ3) is 4.51. The van der Waals surface area contributed by atoms with Gasteiger partial charge in [0.1, 0.15) is 5.02 Å². The fourth-order valence-electron chi connectivity index (χ4n) is 2.31. The van der Waals surface area contributed by atoms with Crippen molar-refractivity contribution in [3.05, 3.63) is 57.1 Å². The lowest BCUT2D eigenvalue weighted by atomic mass is 10.1. The van der Waals surface area contributed by atoms with Crippen molar-refractivity contribution in [3.8, 4) is 0 Å². The van der Waals surface area contributed by atoms with Gasteiger partial charge in [-0.05, 0) is 43.3 Å². The average molecular weight is 497 g/mol. The molecule has 0 radical (unpaired) electrons. The summed E-state index contributed by atoms with van der Waals surface area (Å²) in [6.45, 7) is 0.143. The number of carbonyl (C=O) groups excluding carboxylic acids is 1. The SMILES string of the molecule is C[C@@](O)(C(=O)Nc1ccc(S(=O)(=O)c2ccc(C(=O)O)cc2)c([N+](=O)[O-])c1Cl)C(F)(F)F. The van der Waals surface area contributed by atoms with Crippen LogP contribution < -0.4 is 5.32 Å². The molecule has 2 aromatic carbocycles. The second-order valence-corrected chi connectivity index (χ2v) is 8.68. The number of nitrogens with zero attached hydrogens (tertiary/aromatic N) is 1. The lowest BCUT2D eigenvalue weighted by Gasteiger charge is -2.25. The van der Waals surface area contributed by atoms with Crippen LogP contribution in [0.1, 0.15) is 17.3 Å². The lowest BCUT2D eigenvalue weighted by molar-refractivity contribution is -0.387. The largest absolute Gasteiger partial charge is 0.478 e. The molecule has 0 spiro atoms. The van der Waals surface area contributed by atoms with Gasteiger partial charge in [-0.15, -0.1) is 0 Å². The zero-order chi connectivity index (χ0) is 24.6. The molecule has 1 atom stereocenters. The number of halogens is 4. The smallest absolute Gasteiger partial charge is 0.426 e. The number of hydrogen-bond donors (Lipinski definition) is 3. The second-order valence-electron chi connectivity index (χ2n) is 6.39. The minimum atomic E-state index is -5.39. The molecule has 2 rings (SSSR count). The molecule has 0 fully saturated rings. The van der Waals surface area contributed by atoms with Crippen molar-refractivity contribution in [2.24, 2.45) is 0 Å². The Morgan fingerprint density at radius 2 is 1.66 bits per heavy atom. The van der Waals surface area contributed by atoms with Crippen molar-refractivity contribution >= 4 is 44.7 Å². The summed E-state index contributed by atoms with van der Waals surface area (Å²) < 4.78 is 64.1. The number of nitro benzene ring substituents is 1. The quantitative estimate of drug-likeness (QED) is 0.405. The van der Waals surface area contributed by atoms with Gasteiger partial charge in [0.15, 0.2) is 4.90 Å². The van der Waals surface area contributed by atoms with Crippen molar-refractivity contribution in [1.29, 1.82) is 0 Å². The normalized spacial score (nSPS) is 13.8. The minimum absolute atomic E-state index is 0.143. The number of nitrogens with one attached hydrogen (secondary N) is 1. The molecule has 0 saturated carbocycles. The maximum atomic E-state index is 12.8. The Balaban J connectivity index is 2.58. The number of rotatable bonds is 6. The Morgan fingerprint density at radius 3 is 2.09 bits per heavy atom. The van der Waals surface area contributed by atoms with Gasteiger partial charge in [0.2, 0.25) is 15.4 Å². The van der Waals surface area contributed by atoms with Gasteiger partial charge in [-0.3, -0.25) is 14.9 Å². The van der Waals surface area contributed by atoms with Crippen molar-refractivity contribution in [3.63, 3.8) is 0 Å². The molecule has 1 amide bonds. The van der Waals surface area contributed by atoms with Crippen molar-refractivity contribution in [2.45, 2.75) is 28.5 Å². The van der Waals surface area contributed by atoms with Gasteiger partial charge in [0.05, 0.1) is 21.1 Å². The molecule has 0 aliphatic heterocycles. The zero-order valence-electron chi connectivity index (χ0n) is 15.7. The molecule has 0 aliphatic carbocycles. The van der Waals surface area contributed by atoms with Gasteiger partial charge in [-0.2, -0.15) is 13.2 Å². The van der Waals surface area contributed by atoms with Crippen LogP contribution >= 0.6 is 11.6 Å². The van der Waals surface area contributed by atoms with Crippen molar-refractivity contribution in [1.82, 2.24) is 0 Å². The first-order valence-electron chi connectivity index (χ1n) is 8.17. The van der Waals surface area contributed by atoms with Crippen LogP contribution in [0.2, 0.25) is 5.02 Å². The lowest BCUT2D eigenvalue weighted by Crippen LogP contribution is -2.52. The summed E-state index contributed by atoms with van der Waals surface area (Å²) in [4.78, 5) is 31.5. The van der Waals surface area contributed by atoms with Gasteiger partial charge >= 0.3 is 17.8 Å². The highest BCUT2D eigenvalue weighted by atomic mass is 35.5. The number of carbonyl (C=O) groups is 2. The maximum Gasteiger partial charge on any atom is 0.426 e. The average Bonchev–Trinajstić information content (AvgIpc) is 2.67. The van der Waals surface area contributed by atoms with E-state index in [0.29, 0.717) is 12.1 Å². The highest BCUT2D eigenvalue weighted by Gasteiger charge is 2.56. The Bertz CT molecular complexity index is 1210. The number of carboxylic acid groups (broad SMARTS) is 1. The van der Waals surface area contributed by atoms with Crippen LogP contribution in [0.25, 0.3) is 0 Å². The third-order valence-electron chi connectivity index (χ3n) is 4.21. The summed E-state index contributed by atoms with van der Waals surface area (Å²) >= 11 is 5.82. The molecule has 15 heteroatoms. The van der Waals surface area contributed by atoms with E-state index in [1.807, 2.05) is 0 Å². The van der Waals surface area contributed by atoms with Crippen LogP contribution in [0.5, 0.6) is 0 Å². The molecule has 0 bridgehead atoms. The molecule has 0 unspecified atom stereocenters. The summed E-state index contributed by atoms with van der Waals surface area (Å²) in [5.74, 6) is -3.36. The molecule has 172 valence electrons. The fourth-order valence-corrected chi connectivity index (χ4v) is 4.07. The fraction of sp³-hybridized carbons (Fsp3) is 0.176. The Labute approximate surface area is 182 Å². The number of carboxylic acids is 1. The van der Waals surface area contributed by atoms with E-state index in [4.69, 9.17) is 16.7 Å². The van der Waals surface area contributed by atoms with Crippen LogP contribution in [-0.2, 0) is 14.6 Å². The van der Waals surface area contributed by atoms with Gasteiger partial charge in [-0.1, -0.05) is 11.6 Å². The molecule has 0 aromatic heterocycles. The molecule has 0 aliphatic rings. The van der Waals surface area contributed by atoms with Gasteiger partial charge < -0.3 is 15.5 Å². The highest BCUT2D eigenvalue weighted by Crippen LogP contribution is 2.40. The zero-order valence-corrected chi connectivity index (χ0v) is 17.2. The summed E-state index contributed by atoms with van der Waals surface area (Å²) in [7, 11) is -4.64. The van der Waals surface area contributed by atoms with E-state index >= 15 is 0 Å². The van der Waals surface area contributed by atoms with Gasteiger partial charge in [-0.25, -0.2) is 13.2 Å². The van der Waals surface area contributed by atoms with Crippen LogP contribution in [0.4, 0.5) is 24.5 Å². The topological polar surface area (TPSA) is 164 Å². The number of aliphatic hydroxyl groups is 1. The van der Waals surface area contributed by atoms with Crippen LogP contribution in [0.15, 0.2) is 46.2 Å². The summed E-state index contributed by atoms with van der Waals surface area (Å²) in [5, 5.41) is 30.3. The number of benzene rings is 2. The first kappa shape index (κ1) is 25.0. The molecule has 0 saturated heterocycles. The van der Waals surface area contributed by atoms with E-state index in [2.05, 4.69) is 0 Å². The van der Waals surface area contributed by atoms with E-state index in [1.54, 1.807) is 5.32 Å². The maximum absolute atomic E-state index is 12.8. The number of hydrogen-bond acceptors (Lipinski definition) is 7. The number of amides is 1. The Kier molecular flexibility index (Phi) is 6.55. The van der Waals surface area contributed by atoms with E-state index in [9.17, 15) is 46.4 Å². The Morgan fingerprint density at radius 1 is 1.12 bits per heavy atom. The standard InChI is InChI=1S/C17H12ClF3N2O8S/c1-16(27,17(19,20)21)15(26)22-10-6-7-11(13(12(10)18)23(28)29)32(30,31)9-4-2-8(3-5-9)14(24)25/h2-7,27H,1H3,(H,22,26)(H,24,25)/t16-/m1/s1. The molecule has 0 heterocycles. The van der Waals surface area contributed by atoms with Gasteiger partial charge in [0.25, 0.3) is 5.91 Å². The predicted octanol–water partition coefficient (Wildman–Crippen LogP) is 3.03. The first-order valence-corrected chi connectivity index (χ1v) is 10.0. The highest BCUT2D eigenvalue weighted by molar-refractivity contribution is 7.91.